The van der Waals surface area contributed by atoms with Gasteiger partial charge in [0.05, 0.1) is 10.7 Å². The Hall–Kier alpha value is -2.67. The molecule has 8 heteroatoms. The van der Waals surface area contributed by atoms with Crippen molar-refractivity contribution >= 4 is 29.1 Å². The molecule has 1 fully saturated rings. The van der Waals surface area contributed by atoms with E-state index in [0.29, 0.717) is 23.7 Å². The number of nitrogens with zero attached hydrogens (tertiary/aromatic N) is 2. The second-order valence-corrected chi connectivity index (χ2v) is 6.47. The predicted molar refractivity (Wildman–Crippen MR) is 97.4 cm³/mol. The number of amides is 2. The fourth-order valence-corrected chi connectivity index (χ4v) is 3.30. The maximum atomic E-state index is 12.8. The van der Waals surface area contributed by atoms with Crippen LogP contribution in [0.1, 0.15) is 16.8 Å². The molecule has 1 atom stereocenters. The van der Waals surface area contributed by atoms with Gasteiger partial charge >= 0.3 is 6.61 Å². The molecule has 142 valence electrons. The Bertz CT molecular complexity index is 845. The van der Waals surface area contributed by atoms with Crippen LogP contribution in [0.2, 0.25) is 5.02 Å². The van der Waals surface area contributed by atoms with Crippen molar-refractivity contribution in [3.8, 4) is 5.75 Å². The van der Waals surface area contributed by atoms with Gasteiger partial charge in [0.15, 0.2) is 0 Å². The molecule has 0 aliphatic carbocycles. The molecule has 3 rings (SSSR count). The summed E-state index contributed by atoms with van der Waals surface area (Å²) in [6.45, 7) is -2.48. The molecular formula is C19H17ClF2N2O3. The smallest absolute Gasteiger partial charge is 0.387 e. The van der Waals surface area contributed by atoms with E-state index in [2.05, 4.69) is 4.74 Å². The van der Waals surface area contributed by atoms with Crippen LogP contribution >= 0.6 is 11.6 Å². The number of hydrogen-bond acceptors (Lipinski definition) is 3. The zero-order valence-corrected chi connectivity index (χ0v) is 15.2. The van der Waals surface area contributed by atoms with Crippen LogP contribution in [-0.4, -0.2) is 43.0 Å². The molecule has 0 radical (unpaired) electrons. The van der Waals surface area contributed by atoms with Crippen molar-refractivity contribution < 1.29 is 23.1 Å². The molecule has 5 nitrogen and oxygen atoms in total. The number of halogens is 3. The SMILES string of the molecule is CN(C(=O)c1ccc(OC(F)F)cc1)C1CCN(c2ccccc2Cl)C1=O. The molecule has 1 aliphatic rings. The average Bonchev–Trinajstić information content (AvgIpc) is 3.02. The molecular weight excluding hydrogens is 378 g/mol. The summed E-state index contributed by atoms with van der Waals surface area (Å²) in [7, 11) is 1.55. The highest BCUT2D eigenvalue weighted by atomic mass is 35.5. The van der Waals surface area contributed by atoms with Crippen LogP contribution in [0.4, 0.5) is 14.5 Å². The lowest BCUT2D eigenvalue weighted by Gasteiger charge is -2.24. The number of rotatable bonds is 5. The summed E-state index contributed by atoms with van der Waals surface area (Å²) in [5.41, 5.74) is 0.893. The third kappa shape index (κ3) is 4.03. The maximum absolute atomic E-state index is 12.8. The number of likely N-dealkylation sites (N-methyl/N-ethyl adjacent to an activating group) is 1. The van der Waals surface area contributed by atoms with Gasteiger partial charge < -0.3 is 14.5 Å². The first kappa shape index (κ1) is 19.1. The van der Waals surface area contributed by atoms with Crippen molar-refractivity contribution in [3.63, 3.8) is 0 Å². The molecule has 2 aromatic carbocycles. The largest absolute Gasteiger partial charge is 0.435 e. The van der Waals surface area contributed by atoms with Crippen LogP contribution < -0.4 is 9.64 Å². The lowest BCUT2D eigenvalue weighted by atomic mass is 10.1. The Kier molecular flexibility index (Phi) is 5.60. The minimum Gasteiger partial charge on any atom is -0.435 e. The number of ether oxygens (including phenoxy) is 1. The van der Waals surface area contributed by atoms with Crippen molar-refractivity contribution in [2.45, 2.75) is 19.1 Å². The highest BCUT2D eigenvalue weighted by Gasteiger charge is 2.38. The standard InChI is InChI=1S/C19H17ClF2N2O3/c1-23(17(25)12-6-8-13(9-7-12)27-19(21)22)16-10-11-24(18(16)26)15-5-3-2-4-14(15)20/h2-9,16,19H,10-11H2,1H3. The number of hydrogen-bond donors (Lipinski definition) is 0. The van der Waals surface area contributed by atoms with E-state index in [1.54, 1.807) is 36.2 Å². The molecule has 1 saturated heterocycles. The van der Waals surface area contributed by atoms with Crippen molar-refractivity contribution in [2.75, 3.05) is 18.5 Å². The predicted octanol–water partition coefficient (Wildman–Crippen LogP) is 3.82. The van der Waals surface area contributed by atoms with Gasteiger partial charge in [-0.05, 0) is 42.8 Å². The number of carbonyl (C=O) groups is 2. The first-order chi connectivity index (χ1) is 12.9. The second kappa shape index (κ2) is 7.92. The van der Waals surface area contributed by atoms with Crippen LogP contribution in [0.5, 0.6) is 5.75 Å². The Labute approximate surface area is 160 Å². The highest BCUT2D eigenvalue weighted by Crippen LogP contribution is 2.30. The van der Waals surface area contributed by atoms with Gasteiger partial charge in [0, 0.05) is 19.2 Å². The summed E-state index contributed by atoms with van der Waals surface area (Å²) >= 11 is 6.17. The van der Waals surface area contributed by atoms with Crippen molar-refractivity contribution in [2.24, 2.45) is 0 Å². The van der Waals surface area contributed by atoms with E-state index in [0.717, 1.165) is 0 Å². The minimum absolute atomic E-state index is 0.0361. The Balaban J connectivity index is 1.72. The summed E-state index contributed by atoms with van der Waals surface area (Å²) in [5.74, 6) is -0.624. The first-order valence-corrected chi connectivity index (χ1v) is 8.64. The average molecular weight is 395 g/mol. The van der Waals surface area contributed by atoms with E-state index in [9.17, 15) is 18.4 Å². The van der Waals surface area contributed by atoms with E-state index >= 15 is 0 Å². The summed E-state index contributed by atoms with van der Waals surface area (Å²) < 4.78 is 28.7. The third-order valence-corrected chi connectivity index (χ3v) is 4.75. The van der Waals surface area contributed by atoms with Gasteiger partial charge in [0.2, 0.25) is 5.91 Å². The molecule has 2 aromatic rings. The van der Waals surface area contributed by atoms with Crippen LogP contribution in [0.3, 0.4) is 0 Å². The van der Waals surface area contributed by atoms with E-state index in [1.807, 2.05) is 0 Å². The van der Waals surface area contributed by atoms with Crippen LogP contribution in [0.25, 0.3) is 0 Å². The van der Waals surface area contributed by atoms with Gasteiger partial charge in [-0.25, -0.2) is 0 Å². The summed E-state index contributed by atoms with van der Waals surface area (Å²) in [6, 6.07) is 11.8. The summed E-state index contributed by atoms with van der Waals surface area (Å²) in [6.07, 6.45) is 0.471. The quantitative estimate of drug-likeness (QED) is 0.774. The molecule has 0 N–H and O–H groups in total. The fourth-order valence-electron chi connectivity index (χ4n) is 3.06. The van der Waals surface area contributed by atoms with Crippen LogP contribution in [-0.2, 0) is 4.79 Å². The minimum atomic E-state index is -2.93. The van der Waals surface area contributed by atoms with Crippen LogP contribution in [0.15, 0.2) is 48.5 Å². The lowest BCUT2D eigenvalue weighted by molar-refractivity contribution is -0.120. The first-order valence-electron chi connectivity index (χ1n) is 8.26. The molecule has 2 amide bonds. The maximum Gasteiger partial charge on any atom is 0.387 e. The van der Waals surface area contributed by atoms with E-state index in [-0.39, 0.29) is 23.1 Å². The van der Waals surface area contributed by atoms with Crippen molar-refractivity contribution in [3.05, 3.63) is 59.1 Å². The molecule has 27 heavy (non-hydrogen) atoms. The normalized spacial score (nSPS) is 16.7. The number of para-hydroxylation sites is 1. The molecule has 1 heterocycles. The molecule has 0 aromatic heterocycles. The second-order valence-electron chi connectivity index (χ2n) is 6.06. The number of benzene rings is 2. The van der Waals surface area contributed by atoms with Crippen molar-refractivity contribution in [1.29, 1.82) is 0 Å². The monoisotopic (exact) mass is 394 g/mol. The Morgan fingerprint density at radius 3 is 2.52 bits per heavy atom. The van der Waals surface area contributed by atoms with Gasteiger partial charge in [-0.3, -0.25) is 9.59 Å². The summed E-state index contributed by atoms with van der Waals surface area (Å²) in [4.78, 5) is 28.4. The molecule has 0 saturated carbocycles. The highest BCUT2D eigenvalue weighted by molar-refractivity contribution is 6.34. The van der Waals surface area contributed by atoms with Gasteiger partial charge in [0.1, 0.15) is 11.8 Å². The van der Waals surface area contributed by atoms with E-state index in [1.165, 1.54) is 29.2 Å². The lowest BCUT2D eigenvalue weighted by Crippen LogP contribution is -2.43. The topological polar surface area (TPSA) is 49.9 Å². The number of carbonyl (C=O) groups excluding carboxylic acids is 2. The van der Waals surface area contributed by atoms with Gasteiger partial charge in [0.25, 0.3) is 5.91 Å². The Morgan fingerprint density at radius 1 is 1.22 bits per heavy atom. The molecule has 0 bridgehead atoms. The van der Waals surface area contributed by atoms with Gasteiger partial charge in [-0.2, -0.15) is 8.78 Å². The Morgan fingerprint density at radius 2 is 1.89 bits per heavy atom. The van der Waals surface area contributed by atoms with E-state index < -0.39 is 12.7 Å². The van der Waals surface area contributed by atoms with Crippen LogP contribution in [0, 0.1) is 0 Å². The summed E-state index contributed by atoms with van der Waals surface area (Å²) in [5, 5.41) is 0.468. The zero-order valence-electron chi connectivity index (χ0n) is 14.4. The molecule has 1 unspecified atom stereocenters. The van der Waals surface area contributed by atoms with Gasteiger partial charge in [-0.1, -0.05) is 23.7 Å². The van der Waals surface area contributed by atoms with Gasteiger partial charge in [-0.15, -0.1) is 0 Å². The zero-order chi connectivity index (χ0) is 19.6. The number of alkyl halides is 2. The fraction of sp³-hybridized carbons (Fsp3) is 0.263. The molecule has 1 aliphatic heterocycles. The molecule has 0 spiro atoms. The van der Waals surface area contributed by atoms with Crippen molar-refractivity contribution in [1.82, 2.24) is 4.90 Å². The number of anilines is 1. The van der Waals surface area contributed by atoms with E-state index in [4.69, 9.17) is 11.6 Å². The third-order valence-electron chi connectivity index (χ3n) is 4.43.